The third-order valence-corrected chi connectivity index (χ3v) is 6.14. The number of hydrogen-bond donors (Lipinski definition) is 8. The number of phenols is 2. The van der Waals surface area contributed by atoms with Crippen molar-refractivity contribution in [2.24, 2.45) is 11.5 Å². The van der Waals surface area contributed by atoms with E-state index in [0.717, 1.165) is 37.2 Å². The molecule has 0 aromatic heterocycles. The number of nitrogen functional groups attached to an aromatic ring is 2. The summed E-state index contributed by atoms with van der Waals surface area (Å²) < 4.78 is 11.4. The molecule has 242 valence electrons. The molecule has 4 rings (SSSR count). The number of carboxylic acids is 2. The molecule has 4 aromatic carbocycles. The minimum absolute atomic E-state index is 0.0635. The molecule has 0 saturated heterocycles. The number of unbranched alkanes of at least 4 members (excludes halogenated alkanes) is 3. The second-order valence-electron chi connectivity index (χ2n) is 9.69. The number of benzene rings is 4. The van der Waals surface area contributed by atoms with Crippen molar-refractivity contribution in [1.82, 2.24) is 0 Å². The minimum Gasteiger partial charge on any atom is -0.508 e. The van der Waals surface area contributed by atoms with E-state index in [4.69, 9.17) is 52.2 Å². The van der Waals surface area contributed by atoms with Crippen LogP contribution in [0.25, 0.3) is 0 Å². The Labute approximate surface area is 266 Å². The van der Waals surface area contributed by atoms with Crippen molar-refractivity contribution < 1.29 is 39.5 Å². The van der Waals surface area contributed by atoms with Crippen LogP contribution in [0.4, 0.5) is 0 Å². The molecule has 0 unspecified atom stereocenters. The number of hydrogen-bond acceptors (Lipinski definition) is 8. The molecule has 0 aliphatic rings. The van der Waals surface area contributed by atoms with E-state index in [-0.39, 0.29) is 34.3 Å². The molecule has 4 aromatic rings. The van der Waals surface area contributed by atoms with Crippen molar-refractivity contribution in [1.29, 1.82) is 10.8 Å². The molecule has 10 N–H and O–H groups in total. The Bertz CT molecular complexity index is 1420. The van der Waals surface area contributed by atoms with Crippen LogP contribution in [0.15, 0.2) is 97.1 Å². The van der Waals surface area contributed by atoms with E-state index in [1.165, 1.54) is 48.5 Å². The lowest BCUT2D eigenvalue weighted by atomic mass is 10.2. The Morgan fingerprint density at radius 1 is 0.500 bits per heavy atom. The van der Waals surface area contributed by atoms with E-state index >= 15 is 0 Å². The lowest BCUT2D eigenvalue weighted by Gasteiger charge is -2.08. The maximum Gasteiger partial charge on any atom is 0.335 e. The smallest absolute Gasteiger partial charge is 0.335 e. The number of aromatic carboxylic acids is 2. The predicted octanol–water partition coefficient (Wildman–Crippen LogP) is 5.45. The maximum absolute atomic E-state index is 10.2. The van der Waals surface area contributed by atoms with E-state index < -0.39 is 11.9 Å². The molecule has 0 spiro atoms. The predicted molar refractivity (Wildman–Crippen MR) is 175 cm³/mol. The van der Waals surface area contributed by atoms with Gasteiger partial charge in [0.15, 0.2) is 0 Å². The van der Waals surface area contributed by atoms with Crippen LogP contribution in [-0.4, -0.2) is 57.2 Å². The zero-order valence-electron chi connectivity index (χ0n) is 25.1. The van der Waals surface area contributed by atoms with Gasteiger partial charge in [-0.15, -0.1) is 0 Å². The zero-order chi connectivity index (χ0) is 33.9. The van der Waals surface area contributed by atoms with Gasteiger partial charge in [0.05, 0.1) is 24.3 Å². The second-order valence-corrected chi connectivity index (χ2v) is 9.69. The summed E-state index contributed by atoms with van der Waals surface area (Å²) in [7, 11) is 0. The van der Waals surface area contributed by atoms with Gasteiger partial charge in [-0.3, -0.25) is 10.8 Å². The molecule has 0 heterocycles. The Morgan fingerprint density at radius 3 is 1.04 bits per heavy atom. The van der Waals surface area contributed by atoms with Crippen molar-refractivity contribution in [3.05, 3.63) is 119 Å². The van der Waals surface area contributed by atoms with E-state index in [9.17, 15) is 9.59 Å². The SMILES string of the molecule is N=C(N)c1ccc(OCCCCCCOc2ccc(C(=N)N)cc2)cc1.O=C(O)c1ccc(O)cc1.O=C(O)c1ccc(O)cc1. The van der Waals surface area contributed by atoms with Crippen molar-refractivity contribution in [3.8, 4) is 23.0 Å². The number of aromatic hydroxyl groups is 2. The van der Waals surface area contributed by atoms with Crippen molar-refractivity contribution in [2.75, 3.05) is 13.2 Å². The minimum atomic E-state index is -0.986. The monoisotopic (exact) mass is 630 g/mol. The lowest BCUT2D eigenvalue weighted by Crippen LogP contribution is -2.10. The van der Waals surface area contributed by atoms with Gasteiger partial charge in [0.1, 0.15) is 34.7 Å². The first kappa shape index (κ1) is 36.2. The van der Waals surface area contributed by atoms with Crippen LogP contribution in [0.2, 0.25) is 0 Å². The molecule has 0 fully saturated rings. The highest BCUT2D eigenvalue weighted by atomic mass is 16.5. The molecule has 0 aliphatic heterocycles. The largest absolute Gasteiger partial charge is 0.508 e. The topological polar surface area (TPSA) is 233 Å². The fraction of sp³-hybridized carbons (Fsp3) is 0.176. The quantitative estimate of drug-likeness (QED) is 0.0528. The molecule has 0 amide bonds. The Balaban J connectivity index is 0.000000299. The number of nitrogens with two attached hydrogens (primary N) is 2. The van der Waals surface area contributed by atoms with Gasteiger partial charge in [-0.1, -0.05) is 0 Å². The number of amidine groups is 2. The molecule has 0 radical (unpaired) electrons. The van der Waals surface area contributed by atoms with E-state index in [1.807, 2.05) is 24.3 Å². The summed E-state index contributed by atoms with van der Waals surface area (Å²) in [6.45, 7) is 1.35. The summed E-state index contributed by atoms with van der Waals surface area (Å²) in [6.07, 6.45) is 4.14. The number of carboxylic acid groups (broad SMARTS) is 2. The van der Waals surface area contributed by atoms with Gasteiger partial charge in [0, 0.05) is 11.1 Å². The van der Waals surface area contributed by atoms with Crippen LogP contribution in [0.1, 0.15) is 57.5 Å². The van der Waals surface area contributed by atoms with Gasteiger partial charge >= 0.3 is 11.9 Å². The summed E-state index contributed by atoms with van der Waals surface area (Å²) in [5.41, 5.74) is 12.6. The summed E-state index contributed by atoms with van der Waals surface area (Å²) in [6, 6.07) is 25.2. The van der Waals surface area contributed by atoms with Crippen LogP contribution in [0.3, 0.4) is 0 Å². The molecular formula is C34H38N4O8. The average Bonchev–Trinajstić information content (AvgIpc) is 3.04. The summed E-state index contributed by atoms with van der Waals surface area (Å²) in [5.74, 6) is -0.100. The summed E-state index contributed by atoms with van der Waals surface area (Å²) in [4.78, 5) is 20.5. The fourth-order valence-electron chi connectivity index (χ4n) is 3.61. The van der Waals surface area contributed by atoms with Crippen molar-refractivity contribution in [3.63, 3.8) is 0 Å². The molecule has 12 nitrogen and oxygen atoms in total. The number of nitrogens with one attached hydrogen (secondary N) is 2. The van der Waals surface area contributed by atoms with Gasteiger partial charge in [-0.25, -0.2) is 9.59 Å². The number of rotatable bonds is 13. The Morgan fingerprint density at radius 2 is 0.783 bits per heavy atom. The molecule has 46 heavy (non-hydrogen) atoms. The first-order valence-corrected chi connectivity index (χ1v) is 14.2. The third kappa shape index (κ3) is 14.0. The van der Waals surface area contributed by atoms with Crippen LogP contribution in [-0.2, 0) is 0 Å². The highest BCUT2D eigenvalue weighted by Gasteiger charge is 2.02. The lowest BCUT2D eigenvalue weighted by molar-refractivity contribution is 0.0686. The molecule has 0 aliphatic carbocycles. The molecule has 0 saturated carbocycles. The average molecular weight is 631 g/mol. The second kappa shape index (κ2) is 19.3. The molecule has 12 heteroatoms. The van der Waals surface area contributed by atoms with Gasteiger partial charge < -0.3 is 41.4 Å². The summed E-state index contributed by atoms with van der Waals surface area (Å²) >= 11 is 0. The first-order valence-electron chi connectivity index (χ1n) is 14.2. The zero-order valence-corrected chi connectivity index (χ0v) is 25.1. The van der Waals surface area contributed by atoms with E-state index in [0.29, 0.717) is 24.3 Å². The van der Waals surface area contributed by atoms with E-state index in [2.05, 4.69) is 0 Å². The third-order valence-electron chi connectivity index (χ3n) is 6.14. The van der Waals surface area contributed by atoms with E-state index in [1.54, 1.807) is 24.3 Å². The number of phenolic OH excluding ortho intramolecular Hbond substituents is 2. The Kier molecular flexibility index (Phi) is 15.2. The van der Waals surface area contributed by atoms with Gasteiger partial charge in [-0.05, 0) is 123 Å². The maximum atomic E-state index is 10.2. The number of ether oxygens (including phenoxy) is 2. The highest BCUT2D eigenvalue weighted by Crippen LogP contribution is 2.15. The normalized spacial score (nSPS) is 9.83. The van der Waals surface area contributed by atoms with Gasteiger partial charge in [0.25, 0.3) is 0 Å². The summed E-state index contributed by atoms with van der Waals surface area (Å²) in [5, 5.41) is 49.0. The first-order chi connectivity index (χ1) is 22.0. The van der Waals surface area contributed by atoms with Crippen molar-refractivity contribution >= 4 is 23.6 Å². The molecule has 0 atom stereocenters. The van der Waals surface area contributed by atoms with Crippen LogP contribution >= 0.6 is 0 Å². The van der Waals surface area contributed by atoms with Crippen molar-refractivity contribution in [2.45, 2.75) is 25.7 Å². The van der Waals surface area contributed by atoms with Gasteiger partial charge in [0.2, 0.25) is 0 Å². The van der Waals surface area contributed by atoms with Crippen LogP contribution in [0, 0.1) is 10.8 Å². The van der Waals surface area contributed by atoms with Gasteiger partial charge in [-0.2, -0.15) is 0 Å². The standard InChI is InChI=1S/C20H26N4O2.2C7H6O3/c21-19(22)15-5-9-17(10-6-15)25-13-3-1-2-4-14-26-18-11-7-16(8-12-18)20(23)24;2*8-6-3-1-5(2-4-6)7(9)10/h5-12H,1-4,13-14H2,(H3,21,22)(H3,23,24);2*1-4,8H,(H,9,10). The molecular weight excluding hydrogens is 592 g/mol. The molecule has 0 bridgehead atoms. The Hall–Kier alpha value is -6.04. The highest BCUT2D eigenvalue weighted by molar-refractivity contribution is 5.95. The van der Waals surface area contributed by atoms with Crippen LogP contribution in [0.5, 0.6) is 23.0 Å². The van der Waals surface area contributed by atoms with Crippen LogP contribution < -0.4 is 20.9 Å². The fourth-order valence-corrected chi connectivity index (χ4v) is 3.61. The number of carbonyl (C=O) groups is 2.